The fourth-order valence-corrected chi connectivity index (χ4v) is 2.70. The number of nitrogens with zero attached hydrogens (tertiary/aromatic N) is 2. The van der Waals surface area contributed by atoms with Gasteiger partial charge in [0.15, 0.2) is 11.6 Å². The molecule has 0 saturated carbocycles. The van der Waals surface area contributed by atoms with Gasteiger partial charge >= 0.3 is 6.03 Å². The molecular weight excluding hydrogens is 315 g/mol. The number of carbonyl (C=O) groups is 2. The van der Waals surface area contributed by atoms with Gasteiger partial charge in [0.05, 0.1) is 7.11 Å². The molecule has 2 rings (SSSR count). The van der Waals surface area contributed by atoms with Crippen LogP contribution in [0.15, 0.2) is 18.2 Å². The van der Waals surface area contributed by atoms with Crippen molar-refractivity contribution < 1.29 is 18.7 Å². The highest BCUT2D eigenvalue weighted by Crippen LogP contribution is 2.19. The summed E-state index contributed by atoms with van der Waals surface area (Å²) in [5.41, 5.74) is 5.80. The Hall–Kier alpha value is -2.19. The van der Waals surface area contributed by atoms with Crippen molar-refractivity contribution in [1.29, 1.82) is 0 Å². The lowest BCUT2D eigenvalue weighted by Gasteiger charge is -2.34. The molecule has 3 N–H and O–H groups in total. The highest BCUT2D eigenvalue weighted by Gasteiger charge is 2.18. The van der Waals surface area contributed by atoms with Crippen LogP contribution >= 0.6 is 0 Å². The zero-order valence-corrected chi connectivity index (χ0v) is 13.8. The molecule has 0 radical (unpaired) electrons. The molecule has 1 fully saturated rings. The van der Waals surface area contributed by atoms with Crippen LogP contribution in [0.1, 0.15) is 12.0 Å². The van der Waals surface area contributed by atoms with Gasteiger partial charge < -0.3 is 15.4 Å². The van der Waals surface area contributed by atoms with E-state index < -0.39 is 6.03 Å². The number of benzene rings is 1. The van der Waals surface area contributed by atoms with Gasteiger partial charge in [-0.25, -0.2) is 9.18 Å². The fourth-order valence-electron chi connectivity index (χ4n) is 2.70. The molecule has 0 spiro atoms. The number of piperazine rings is 1. The standard InChI is InChI=1S/C16H23FN4O3/c1-24-14-3-2-12(10-13(14)17)11-21-8-6-20(7-9-21)5-4-15(22)19-16(18)23/h2-3,10H,4-9,11H2,1H3,(H3,18,19,22,23). The minimum Gasteiger partial charge on any atom is -0.494 e. The average Bonchev–Trinajstić information content (AvgIpc) is 2.54. The Morgan fingerprint density at radius 3 is 2.50 bits per heavy atom. The van der Waals surface area contributed by atoms with Crippen LogP contribution < -0.4 is 15.8 Å². The predicted molar refractivity (Wildman–Crippen MR) is 87.0 cm³/mol. The molecule has 0 aromatic heterocycles. The van der Waals surface area contributed by atoms with Gasteiger partial charge in [-0.2, -0.15) is 0 Å². The number of methoxy groups -OCH3 is 1. The van der Waals surface area contributed by atoms with Crippen LogP contribution in [0.2, 0.25) is 0 Å². The minimum absolute atomic E-state index is 0.243. The maximum atomic E-state index is 13.7. The summed E-state index contributed by atoms with van der Waals surface area (Å²) >= 11 is 0. The summed E-state index contributed by atoms with van der Waals surface area (Å²) in [4.78, 5) is 26.4. The Labute approximate surface area is 140 Å². The van der Waals surface area contributed by atoms with Crippen molar-refractivity contribution in [2.75, 3.05) is 39.8 Å². The number of imide groups is 1. The molecular formula is C16H23FN4O3. The van der Waals surface area contributed by atoms with E-state index >= 15 is 0 Å². The van der Waals surface area contributed by atoms with E-state index in [0.29, 0.717) is 13.1 Å². The number of hydrogen-bond donors (Lipinski definition) is 2. The van der Waals surface area contributed by atoms with Crippen molar-refractivity contribution in [3.8, 4) is 5.75 Å². The van der Waals surface area contributed by atoms with Crippen LogP contribution in [0.3, 0.4) is 0 Å². The average molecular weight is 338 g/mol. The highest BCUT2D eigenvalue weighted by atomic mass is 19.1. The van der Waals surface area contributed by atoms with E-state index in [4.69, 9.17) is 10.5 Å². The van der Waals surface area contributed by atoms with Gasteiger partial charge in [0.2, 0.25) is 5.91 Å². The number of nitrogens with one attached hydrogen (secondary N) is 1. The van der Waals surface area contributed by atoms with E-state index in [1.165, 1.54) is 13.2 Å². The number of rotatable bonds is 6. The van der Waals surface area contributed by atoms with Gasteiger partial charge in [-0.05, 0) is 17.7 Å². The molecule has 24 heavy (non-hydrogen) atoms. The van der Waals surface area contributed by atoms with Gasteiger partial charge in [0, 0.05) is 45.7 Å². The monoisotopic (exact) mass is 338 g/mol. The van der Waals surface area contributed by atoms with E-state index in [-0.39, 0.29) is 23.9 Å². The smallest absolute Gasteiger partial charge is 0.318 e. The summed E-state index contributed by atoms with van der Waals surface area (Å²) < 4.78 is 18.6. The molecule has 1 aliphatic heterocycles. The number of carbonyl (C=O) groups excluding carboxylic acids is 2. The van der Waals surface area contributed by atoms with Crippen molar-refractivity contribution in [2.45, 2.75) is 13.0 Å². The Kier molecular flexibility index (Phi) is 6.51. The van der Waals surface area contributed by atoms with E-state index in [2.05, 4.69) is 15.1 Å². The molecule has 0 aliphatic carbocycles. The molecule has 1 heterocycles. The number of primary amides is 1. The second-order valence-electron chi connectivity index (χ2n) is 5.75. The van der Waals surface area contributed by atoms with Crippen molar-refractivity contribution in [1.82, 2.24) is 15.1 Å². The summed E-state index contributed by atoms with van der Waals surface area (Å²) in [6.45, 7) is 4.59. The normalized spacial score (nSPS) is 15.9. The first-order chi connectivity index (χ1) is 11.5. The topological polar surface area (TPSA) is 87.9 Å². The molecule has 132 valence electrons. The number of hydrogen-bond acceptors (Lipinski definition) is 5. The van der Waals surface area contributed by atoms with Gasteiger partial charge in [0.25, 0.3) is 0 Å². The van der Waals surface area contributed by atoms with Gasteiger partial charge in [-0.15, -0.1) is 0 Å². The Morgan fingerprint density at radius 1 is 1.25 bits per heavy atom. The van der Waals surface area contributed by atoms with Crippen LogP contribution in [0.25, 0.3) is 0 Å². The maximum absolute atomic E-state index is 13.7. The molecule has 0 atom stereocenters. The Morgan fingerprint density at radius 2 is 1.92 bits per heavy atom. The summed E-state index contributed by atoms with van der Waals surface area (Å²) in [7, 11) is 1.45. The predicted octanol–water partition coefficient (Wildman–Crippen LogP) is 0.537. The maximum Gasteiger partial charge on any atom is 0.318 e. The Balaban J connectivity index is 1.73. The number of urea groups is 1. The SMILES string of the molecule is COc1ccc(CN2CCN(CCC(=O)NC(N)=O)CC2)cc1F. The van der Waals surface area contributed by atoms with Crippen LogP contribution in [0, 0.1) is 5.82 Å². The lowest BCUT2D eigenvalue weighted by molar-refractivity contribution is -0.120. The fraction of sp³-hybridized carbons (Fsp3) is 0.500. The number of amides is 3. The Bertz CT molecular complexity index is 589. The van der Waals surface area contributed by atoms with Gasteiger partial charge in [0.1, 0.15) is 0 Å². The summed E-state index contributed by atoms with van der Waals surface area (Å²) in [6.07, 6.45) is 0.243. The van der Waals surface area contributed by atoms with E-state index in [9.17, 15) is 14.0 Å². The van der Waals surface area contributed by atoms with E-state index in [1.807, 2.05) is 6.07 Å². The third-order valence-corrected chi connectivity index (χ3v) is 4.01. The molecule has 3 amide bonds. The lowest BCUT2D eigenvalue weighted by Crippen LogP contribution is -2.47. The number of ether oxygens (including phenoxy) is 1. The summed E-state index contributed by atoms with van der Waals surface area (Å²) in [6, 6.07) is 4.18. The molecule has 1 aromatic carbocycles. The number of halogens is 1. The molecule has 7 nitrogen and oxygen atoms in total. The first kappa shape index (κ1) is 18.2. The summed E-state index contributed by atoms with van der Waals surface area (Å²) in [5.74, 6) is -0.467. The van der Waals surface area contributed by atoms with Crippen molar-refractivity contribution >= 4 is 11.9 Å². The largest absolute Gasteiger partial charge is 0.494 e. The highest BCUT2D eigenvalue weighted by molar-refractivity contribution is 5.93. The second-order valence-corrected chi connectivity index (χ2v) is 5.75. The molecule has 0 unspecified atom stereocenters. The van der Waals surface area contributed by atoms with Gasteiger partial charge in [-0.1, -0.05) is 6.07 Å². The van der Waals surface area contributed by atoms with Gasteiger partial charge in [-0.3, -0.25) is 15.0 Å². The van der Waals surface area contributed by atoms with Crippen molar-refractivity contribution in [3.63, 3.8) is 0 Å². The third kappa shape index (κ3) is 5.47. The quantitative estimate of drug-likeness (QED) is 0.790. The van der Waals surface area contributed by atoms with Crippen molar-refractivity contribution in [3.05, 3.63) is 29.6 Å². The first-order valence-electron chi connectivity index (χ1n) is 7.84. The van der Waals surface area contributed by atoms with Crippen LogP contribution in [-0.2, 0) is 11.3 Å². The van der Waals surface area contributed by atoms with Crippen LogP contribution in [0.5, 0.6) is 5.75 Å². The zero-order valence-electron chi connectivity index (χ0n) is 13.8. The molecule has 1 aromatic rings. The first-order valence-corrected chi connectivity index (χ1v) is 7.84. The number of nitrogens with two attached hydrogens (primary N) is 1. The van der Waals surface area contributed by atoms with Crippen LogP contribution in [0.4, 0.5) is 9.18 Å². The van der Waals surface area contributed by atoms with Crippen LogP contribution in [-0.4, -0.2) is 61.6 Å². The zero-order chi connectivity index (χ0) is 17.5. The molecule has 8 heteroatoms. The third-order valence-electron chi connectivity index (χ3n) is 4.01. The molecule has 0 bridgehead atoms. The van der Waals surface area contributed by atoms with E-state index in [1.54, 1.807) is 6.07 Å². The minimum atomic E-state index is -0.823. The molecule has 1 saturated heterocycles. The van der Waals surface area contributed by atoms with E-state index in [0.717, 1.165) is 31.7 Å². The molecule has 1 aliphatic rings. The van der Waals surface area contributed by atoms with Crippen molar-refractivity contribution in [2.24, 2.45) is 5.73 Å². The summed E-state index contributed by atoms with van der Waals surface area (Å²) in [5, 5.41) is 2.06. The second kappa shape index (κ2) is 8.60. The lowest BCUT2D eigenvalue weighted by atomic mass is 10.1.